The second-order valence-electron chi connectivity index (χ2n) is 3.30. The lowest BCUT2D eigenvalue weighted by molar-refractivity contribution is 0.516. The zero-order chi connectivity index (χ0) is 11.4. The maximum atomic E-state index is 10.7. The van der Waals surface area contributed by atoms with Gasteiger partial charge < -0.3 is 4.42 Å². The molecule has 0 spiro atoms. The molecule has 4 heteroatoms. The van der Waals surface area contributed by atoms with Gasteiger partial charge in [-0.05, 0) is 23.6 Å². The van der Waals surface area contributed by atoms with Gasteiger partial charge in [-0.3, -0.25) is 0 Å². The summed E-state index contributed by atoms with van der Waals surface area (Å²) in [6.45, 7) is 2.12. The lowest BCUT2D eigenvalue weighted by atomic mass is 10.1. The van der Waals surface area contributed by atoms with E-state index in [9.17, 15) is 4.79 Å². The van der Waals surface area contributed by atoms with Crippen molar-refractivity contribution in [3.63, 3.8) is 0 Å². The first-order valence-corrected chi connectivity index (χ1v) is 5.79. The summed E-state index contributed by atoms with van der Waals surface area (Å²) in [6.07, 6.45) is 4.60. The Morgan fingerprint density at radius 3 is 2.62 bits per heavy atom. The van der Waals surface area contributed by atoms with Gasteiger partial charge in [-0.15, -0.1) is 4.37 Å². The second-order valence-corrected chi connectivity index (χ2v) is 4.00. The molecule has 0 N–H and O–H groups in total. The summed E-state index contributed by atoms with van der Waals surface area (Å²) in [5, 5.41) is 0. The number of aromatic nitrogens is 1. The SMILES string of the molecule is CCc1ccc(/C=C/c2nsc(=O)o2)cc1. The van der Waals surface area contributed by atoms with Gasteiger partial charge in [0.15, 0.2) is 0 Å². The third kappa shape index (κ3) is 2.67. The summed E-state index contributed by atoms with van der Waals surface area (Å²) in [4.78, 5) is 10.4. The van der Waals surface area contributed by atoms with Crippen molar-refractivity contribution in [2.75, 3.05) is 0 Å². The molecule has 3 nitrogen and oxygen atoms in total. The topological polar surface area (TPSA) is 43.1 Å². The van der Waals surface area contributed by atoms with Crippen LogP contribution in [-0.4, -0.2) is 4.37 Å². The van der Waals surface area contributed by atoms with Crippen molar-refractivity contribution in [3.05, 3.63) is 51.0 Å². The first-order chi connectivity index (χ1) is 7.78. The van der Waals surface area contributed by atoms with Crippen LogP contribution in [0, 0.1) is 0 Å². The number of nitrogens with zero attached hydrogens (tertiary/aromatic N) is 1. The molecule has 0 aliphatic heterocycles. The molecule has 16 heavy (non-hydrogen) atoms. The number of hydrogen-bond donors (Lipinski definition) is 0. The van der Waals surface area contributed by atoms with E-state index in [1.807, 2.05) is 18.2 Å². The van der Waals surface area contributed by atoms with Crippen LogP contribution in [0.4, 0.5) is 0 Å². The average Bonchev–Trinajstić information content (AvgIpc) is 2.73. The lowest BCUT2D eigenvalue weighted by Crippen LogP contribution is -1.81. The summed E-state index contributed by atoms with van der Waals surface area (Å²) in [7, 11) is 0. The normalized spacial score (nSPS) is 11.1. The van der Waals surface area contributed by atoms with E-state index in [1.54, 1.807) is 6.08 Å². The zero-order valence-electron chi connectivity index (χ0n) is 8.84. The largest absolute Gasteiger partial charge is 0.414 e. The Labute approximate surface area is 97.2 Å². The van der Waals surface area contributed by atoms with Gasteiger partial charge in [-0.25, -0.2) is 4.79 Å². The number of rotatable bonds is 3. The minimum atomic E-state index is -0.374. The Balaban J connectivity index is 2.14. The monoisotopic (exact) mass is 233 g/mol. The van der Waals surface area contributed by atoms with Crippen molar-refractivity contribution in [1.29, 1.82) is 0 Å². The molecule has 0 saturated heterocycles. The van der Waals surface area contributed by atoms with Crippen molar-refractivity contribution in [2.24, 2.45) is 0 Å². The van der Waals surface area contributed by atoms with Gasteiger partial charge in [-0.2, -0.15) is 0 Å². The second kappa shape index (κ2) is 4.90. The van der Waals surface area contributed by atoms with Crippen molar-refractivity contribution < 1.29 is 4.42 Å². The van der Waals surface area contributed by atoms with E-state index < -0.39 is 0 Å². The molecule has 0 bridgehead atoms. The molecule has 0 unspecified atom stereocenters. The van der Waals surface area contributed by atoms with E-state index in [2.05, 4.69) is 23.4 Å². The molecule has 0 fully saturated rings. The minimum Gasteiger partial charge on any atom is -0.395 e. The maximum absolute atomic E-state index is 10.7. The van der Waals surface area contributed by atoms with Crippen molar-refractivity contribution >= 4 is 23.7 Å². The van der Waals surface area contributed by atoms with Crippen LogP contribution >= 0.6 is 11.5 Å². The first-order valence-electron chi connectivity index (χ1n) is 5.02. The van der Waals surface area contributed by atoms with Gasteiger partial charge >= 0.3 is 4.94 Å². The fourth-order valence-electron chi connectivity index (χ4n) is 1.30. The van der Waals surface area contributed by atoms with Crippen molar-refractivity contribution in [2.45, 2.75) is 13.3 Å². The highest BCUT2D eigenvalue weighted by Crippen LogP contribution is 2.08. The van der Waals surface area contributed by atoms with Gasteiger partial charge in [0.05, 0.1) is 11.5 Å². The Morgan fingerprint density at radius 1 is 1.31 bits per heavy atom. The third-order valence-electron chi connectivity index (χ3n) is 2.20. The average molecular weight is 233 g/mol. The highest BCUT2D eigenvalue weighted by molar-refractivity contribution is 7.02. The lowest BCUT2D eigenvalue weighted by Gasteiger charge is -1.96. The Kier molecular flexibility index (Phi) is 3.31. The predicted octanol–water partition coefficient (Wildman–Crippen LogP) is 2.83. The highest BCUT2D eigenvalue weighted by atomic mass is 32.1. The Morgan fingerprint density at radius 2 is 2.06 bits per heavy atom. The number of aryl methyl sites for hydroxylation is 1. The summed E-state index contributed by atoms with van der Waals surface area (Å²) in [5.74, 6) is 0.356. The molecule has 1 heterocycles. The highest BCUT2D eigenvalue weighted by Gasteiger charge is 1.96. The Hall–Kier alpha value is -1.68. The molecule has 2 aromatic rings. The fourth-order valence-corrected chi connectivity index (χ4v) is 1.69. The smallest absolute Gasteiger partial charge is 0.395 e. The summed E-state index contributed by atoms with van der Waals surface area (Å²) in [5.41, 5.74) is 2.37. The van der Waals surface area contributed by atoms with Gasteiger partial charge in [0.2, 0.25) is 5.89 Å². The number of benzene rings is 1. The number of hydrogen-bond acceptors (Lipinski definition) is 4. The quantitative estimate of drug-likeness (QED) is 0.818. The van der Waals surface area contributed by atoms with E-state index in [0.717, 1.165) is 23.5 Å². The molecule has 0 aliphatic carbocycles. The zero-order valence-corrected chi connectivity index (χ0v) is 9.66. The van der Waals surface area contributed by atoms with E-state index in [0.29, 0.717) is 5.89 Å². The van der Waals surface area contributed by atoms with Gasteiger partial charge in [0.25, 0.3) is 0 Å². The standard InChI is InChI=1S/C12H11NO2S/c1-2-9-3-5-10(6-4-9)7-8-11-13-16-12(14)15-11/h3-8H,2H2,1H3/b8-7+. The van der Waals surface area contributed by atoms with Crippen LogP contribution in [-0.2, 0) is 6.42 Å². The third-order valence-corrected chi connectivity index (χ3v) is 2.71. The Bertz CT molecular complexity index is 537. The van der Waals surface area contributed by atoms with Crippen LogP contribution < -0.4 is 4.94 Å². The van der Waals surface area contributed by atoms with E-state index in [1.165, 1.54) is 5.56 Å². The van der Waals surface area contributed by atoms with Gasteiger partial charge in [0.1, 0.15) is 0 Å². The summed E-state index contributed by atoms with van der Waals surface area (Å²) < 4.78 is 8.66. The van der Waals surface area contributed by atoms with Crippen LogP contribution in [0.1, 0.15) is 23.9 Å². The van der Waals surface area contributed by atoms with Crippen molar-refractivity contribution in [3.8, 4) is 0 Å². The molecule has 82 valence electrons. The molecular formula is C12H11NO2S. The van der Waals surface area contributed by atoms with Crippen LogP contribution in [0.2, 0.25) is 0 Å². The predicted molar refractivity (Wildman–Crippen MR) is 65.4 cm³/mol. The van der Waals surface area contributed by atoms with E-state index >= 15 is 0 Å². The molecule has 0 saturated carbocycles. The maximum Gasteiger partial charge on any atom is 0.414 e. The molecule has 1 aromatic heterocycles. The van der Waals surface area contributed by atoms with Gasteiger partial charge in [0, 0.05) is 6.08 Å². The fraction of sp³-hybridized carbons (Fsp3) is 0.167. The van der Waals surface area contributed by atoms with Gasteiger partial charge in [-0.1, -0.05) is 31.2 Å². The minimum absolute atomic E-state index is 0.356. The molecule has 0 atom stereocenters. The molecule has 0 radical (unpaired) electrons. The first kappa shape index (κ1) is 10.8. The molecule has 0 aliphatic rings. The van der Waals surface area contributed by atoms with Crippen molar-refractivity contribution in [1.82, 2.24) is 4.37 Å². The summed E-state index contributed by atoms with van der Waals surface area (Å²) >= 11 is 0.822. The van der Waals surface area contributed by atoms with E-state index in [4.69, 9.17) is 4.42 Å². The molecular weight excluding hydrogens is 222 g/mol. The molecule has 2 rings (SSSR count). The van der Waals surface area contributed by atoms with Crippen LogP contribution in [0.3, 0.4) is 0 Å². The van der Waals surface area contributed by atoms with Crippen LogP contribution in [0.15, 0.2) is 33.5 Å². The van der Waals surface area contributed by atoms with Crippen LogP contribution in [0.25, 0.3) is 12.2 Å². The summed E-state index contributed by atoms with van der Waals surface area (Å²) in [6, 6.07) is 8.22. The molecule has 0 amide bonds. The van der Waals surface area contributed by atoms with E-state index in [-0.39, 0.29) is 4.94 Å². The van der Waals surface area contributed by atoms with Crippen LogP contribution in [0.5, 0.6) is 0 Å². The molecule has 1 aromatic carbocycles.